The average Bonchev–Trinajstić information content (AvgIpc) is 3.18. The molecule has 3 heterocycles. The molecule has 0 bridgehead atoms. The Morgan fingerprint density at radius 2 is 2.21 bits per heavy atom. The predicted molar refractivity (Wildman–Crippen MR) is 111 cm³/mol. The quantitative estimate of drug-likeness (QED) is 0.827. The number of carbonyl (C=O) groups is 2. The summed E-state index contributed by atoms with van der Waals surface area (Å²) in [5.41, 5.74) is 1.83. The van der Waals surface area contributed by atoms with Crippen LogP contribution in [0.4, 0.5) is 5.69 Å². The van der Waals surface area contributed by atoms with Crippen molar-refractivity contribution in [2.75, 3.05) is 18.4 Å². The van der Waals surface area contributed by atoms with Crippen molar-refractivity contribution in [1.29, 1.82) is 0 Å². The summed E-state index contributed by atoms with van der Waals surface area (Å²) in [5, 5.41) is 7.30. The highest BCUT2D eigenvalue weighted by Gasteiger charge is 2.43. The molecule has 148 valence electrons. The van der Waals surface area contributed by atoms with Crippen molar-refractivity contribution in [2.45, 2.75) is 36.3 Å². The molecule has 1 saturated heterocycles. The Balaban J connectivity index is 1.45. The van der Waals surface area contributed by atoms with Gasteiger partial charge >= 0.3 is 0 Å². The van der Waals surface area contributed by atoms with Crippen molar-refractivity contribution in [3.63, 3.8) is 0 Å². The molecule has 2 amide bonds. The van der Waals surface area contributed by atoms with Crippen LogP contribution in [0.15, 0.2) is 35.5 Å². The Hall–Kier alpha value is -1.99. The second kappa shape index (κ2) is 7.12. The lowest BCUT2D eigenvalue weighted by molar-refractivity contribution is -0.132. The smallest absolute Gasteiger partial charge is 0.238 e. The number of likely N-dealkylation sites (tertiary alicyclic amines) is 1. The highest BCUT2D eigenvalue weighted by Crippen LogP contribution is 2.43. The van der Waals surface area contributed by atoms with Gasteiger partial charge in [0.05, 0.1) is 17.1 Å². The van der Waals surface area contributed by atoms with Gasteiger partial charge in [0.25, 0.3) is 0 Å². The van der Waals surface area contributed by atoms with E-state index in [2.05, 4.69) is 24.3 Å². The van der Waals surface area contributed by atoms with Crippen molar-refractivity contribution in [2.24, 2.45) is 12.5 Å². The number of benzene rings is 1. The Morgan fingerprint density at radius 1 is 1.43 bits per heavy atom. The summed E-state index contributed by atoms with van der Waals surface area (Å²) in [6.07, 6.45) is 4.09. The van der Waals surface area contributed by atoms with E-state index in [4.69, 9.17) is 11.6 Å². The molecule has 6 nitrogen and oxygen atoms in total. The lowest BCUT2D eigenvalue weighted by atomic mass is 9.79. The molecular formula is C20H23ClN4O2S. The van der Waals surface area contributed by atoms with Gasteiger partial charge in [-0.3, -0.25) is 14.3 Å². The molecule has 2 aromatic rings. The molecule has 2 atom stereocenters. The van der Waals surface area contributed by atoms with E-state index >= 15 is 0 Å². The lowest BCUT2D eigenvalue weighted by Crippen LogP contribution is -2.37. The van der Waals surface area contributed by atoms with Crippen LogP contribution in [0, 0.1) is 5.41 Å². The Labute approximate surface area is 173 Å². The molecule has 0 aliphatic carbocycles. The van der Waals surface area contributed by atoms with Crippen LogP contribution in [0.1, 0.15) is 31.7 Å². The highest BCUT2D eigenvalue weighted by molar-refractivity contribution is 8.01. The molecule has 1 N–H and O–H groups in total. The van der Waals surface area contributed by atoms with Crippen LogP contribution in [-0.2, 0) is 16.6 Å². The molecule has 2 unspecified atom stereocenters. The van der Waals surface area contributed by atoms with E-state index in [1.807, 2.05) is 30.4 Å². The number of rotatable bonds is 3. The van der Waals surface area contributed by atoms with E-state index in [1.165, 1.54) is 11.8 Å². The van der Waals surface area contributed by atoms with Gasteiger partial charge in [0, 0.05) is 48.6 Å². The first-order valence-corrected chi connectivity index (χ1v) is 10.5. The molecule has 0 spiro atoms. The fourth-order valence-corrected chi connectivity index (χ4v) is 5.30. The first-order valence-electron chi connectivity index (χ1n) is 9.26. The number of aromatic nitrogens is 2. The van der Waals surface area contributed by atoms with Crippen molar-refractivity contribution in [3.8, 4) is 0 Å². The van der Waals surface area contributed by atoms with Crippen LogP contribution in [0.5, 0.6) is 0 Å². The fraction of sp³-hybridized carbons (Fsp3) is 0.450. The predicted octanol–water partition coefficient (Wildman–Crippen LogP) is 3.53. The molecule has 4 rings (SSSR count). The number of halogens is 1. The molecule has 2 aliphatic heterocycles. The molecule has 1 aromatic carbocycles. The van der Waals surface area contributed by atoms with Crippen molar-refractivity contribution < 1.29 is 9.59 Å². The third kappa shape index (κ3) is 3.65. The number of amides is 2. The molecule has 8 heteroatoms. The largest absolute Gasteiger partial charge is 0.341 e. The minimum atomic E-state index is -0.429. The monoisotopic (exact) mass is 418 g/mol. The van der Waals surface area contributed by atoms with E-state index in [0.29, 0.717) is 23.8 Å². The van der Waals surface area contributed by atoms with Gasteiger partial charge in [-0.2, -0.15) is 5.10 Å². The summed E-state index contributed by atoms with van der Waals surface area (Å²) >= 11 is 7.43. The van der Waals surface area contributed by atoms with Gasteiger partial charge in [-0.25, -0.2) is 0 Å². The lowest BCUT2D eigenvalue weighted by Gasteiger charge is -2.26. The normalized spacial score (nSPS) is 23.4. The van der Waals surface area contributed by atoms with Gasteiger partial charge in [0.1, 0.15) is 0 Å². The summed E-state index contributed by atoms with van der Waals surface area (Å²) in [5.74, 6) is 0.112. The summed E-state index contributed by atoms with van der Waals surface area (Å²) in [6, 6.07) is 5.42. The molecule has 1 fully saturated rings. The van der Waals surface area contributed by atoms with E-state index in [-0.39, 0.29) is 29.6 Å². The van der Waals surface area contributed by atoms with Gasteiger partial charge in [-0.15, -0.1) is 11.8 Å². The fourth-order valence-electron chi connectivity index (χ4n) is 4.05. The number of carbonyl (C=O) groups excluding carboxylic acids is 2. The van der Waals surface area contributed by atoms with Crippen LogP contribution in [-0.4, -0.2) is 44.8 Å². The number of nitrogens with one attached hydrogen (secondary N) is 1. The van der Waals surface area contributed by atoms with Gasteiger partial charge in [-0.05, 0) is 29.2 Å². The highest BCUT2D eigenvalue weighted by atomic mass is 35.5. The minimum absolute atomic E-state index is 0.0181. The Morgan fingerprint density at radius 3 is 2.93 bits per heavy atom. The summed E-state index contributed by atoms with van der Waals surface area (Å²) in [7, 11) is 1.90. The van der Waals surface area contributed by atoms with Gasteiger partial charge in [-0.1, -0.05) is 25.4 Å². The number of nitrogens with zero attached hydrogens (tertiary/aromatic N) is 3. The standard InChI is InChI=1S/C20H23ClN4O2S/c1-20(2)11-25(10-14(20)12-8-22-24(3)9-12)18(26)7-17-19(27)23-15-6-13(21)4-5-16(15)28-17/h4-6,8-9,14,17H,7,10-11H2,1-3H3,(H,23,27). The molecule has 2 aliphatic rings. The second-order valence-corrected chi connectivity index (χ2v) is 9.88. The van der Waals surface area contributed by atoms with Crippen LogP contribution in [0.3, 0.4) is 0 Å². The van der Waals surface area contributed by atoms with Crippen LogP contribution in [0.2, 0.25) is 5.02 Å². The molecule has 0 saturated carbocycles. The molecule has 1 aromatic heterocycles. The zero-order chi connectivity index (χ0) is 20.1. The zero-order valence-corrected chi connectivity index (χ0v) is 17.7. The number of hydrogen-bond donors (Lipinski definition) is 1. The maximum absolute atomic E-state index is 13.0. The SMILES string of the molecule is Cn1cc(C2CN(C(=O)CC3Sc4ccc(Cl)cc4NC3=O)CC2(C)C)cn1. The molecule has 0 radical (unpaired) electrons. The van der Waals surface area contributed by atoms with E-state index < -0.39 is 5.25 Å². The number of hydrogen-bond acceptors (Lipinski definition) is 4. The van der Waals surface area contributed by atoms with Crippen LogP contribution < -0.4 is 5.32 Å². The summed E-state index contributed by atoms with van der Waals surface area (Å²) in [4.78, 5) is 28.3. The van der Waals surface area contributed by atoms with Gasteiger partial charge < -0.3 is 10.2 Å². The van der Waals surface area contributed by atoms with Crippen molar-refractivity contribution in [1.82, 2.24) is 14.7 Å². The first kappa shape index (κ1) is 19.3. The van der Waals surface area contributed by atoms with E-state index in [1.54, 1.807) is 16.8 Å². The van der Waals surface area contributed by atoms with Crippen molar-refractivity contribution >= 4 is 40.9 Å². The number of thioether (sulfide) groups is 1. The topological polar surface area (TPSA) is 67.2 Å². The average molecular weight is 419 g/mol. The Kier molecular flexibility index (Phi) is 4.91. The number of anilines is 1. The number of aryl methyl sites for hydroxylation is 1. The van der Waals surface area contributed by atoms with E-state index in [0.717, 1.165) is 10.5 Å². The maximum Gasteiger partial charge on any atom is 0.238 e. The number of fused-ring (bicyclic) bond motifs is 1. The first-order chi connectivity index (χ1) is 13.2. The Bertz CT molecular complexity index is 942. The van der Waals surface area contributed by atoms with Crippen molar-refractivity contribution in [3.05, 3.63) is 41.2 Å². The minimum Gasteiger partial charge on any atom is -0.341 e. The maximum atomic E-state index is 13.0. The van der Waals surface area contributed by atoms with Crippen LogP contribution >= 0.6 is 23.4 Å². The summed E-state index contributed by atoms with van der Waals surface area (Å²) < 4.78 is 1.79. The molecule has 28 heavy (non-hydrogen) atoms. The van der Waals surface area contributed by atoms with Gasteiger partial charge in [0.2, 0.25) is 11.8 Å². The van der Waals surface area contributed by atoms with Gasteiger partial charge in [0.15, 0.2) is 0 Å². The van der Waals surface area contributed by atoms with E-state index in [9.17, 15) is 9.59 Å². The zero-order valence-electron chi connectivity index (χ0n) is 16.1. The summed E-state index contributed by atoms with van der Waals surface area (Å²) in [6.45, 7) is 5.69. The third-order valence-corrected chi connectivity index (χ3v) is 7.06. The second-order valence-electron chi connectivity index (χ2n) is 8.20. The molecular weight excluding hydrogens is 396 g/mol. The van der Waals surface area contributed by atoms with Crippen LogP contribution in [0.25, 0.3) is 0 Å². The third-order valence-electron chi connectivity index (χ3n) is 5.55.